The maximum absolute atomic E-state index is 12.9. The Labute approximate surface area is 147 Å². The molecule has 0 unspecified atom stereocenters. The zero-order valence-corrected chi connectivity index (χ0v) is 14.9. The average molecular weight is 346 g/mol. The summed E-state index contributed by atoms with van der Waals surface area (Å²) < 4.78 is 0. The molecule has 136 valence electrons. The van der Waals surface area contributed by atoms with Gasteiger partial charge in [-0.3, -0.25) is 9.59 Å². The summed E-state index contributed by atoms with van der Waals surface area (Å²) in [7, 11) is 1.57. The standard InChI is InChI=1S/C17H26N6O2/c1-11-13(9-20-17(21-11)22-6-4-3-5-7-22)16(25)23-10-12(18)8-14(23)15(24)19-2/h9,12,14H,3-8,10,18H2,1-2H3,(H,19,24)/t12-,14+/m1/s1. The predicted octanol–water partition coefficient (Wildman–Crippen LogP) is 0.0631. The maximum atomic E-state index is 12.9. The first-order valence-corrected chi connectivity index (χ1v) is 8.88. The number of carbonyl (C=O) groups excluding carboxylic acids is 2. The zero-order valence-electron chi connectivity index (χ0n) is 14.9. The van der Waals surface area contributed by atoms with Crippen molar-refractivity contribution in [1.29, 1.82) is 0 Å². The van der Waals surface area contributed by atoms with E-state index in [4.69, 9.17) is 5.73 Å². The molecule has 3 heterocycles. The van der Waals surface area contributed by atoms with Crippen LogP contribution in [0.4, 0.5) is 5.95 Å². The summed E-state index contributed by atoms with van der Waals surface area (Å²) in [5.74, 6) is 0.253. The molecule has 0 saturated carbocycles. The van der Waals surface area contributed by atoms with Gasteiger partial charge < -0.3 is 20.9 Å². The van der Waals surface area contributed by atoms with Crippen molar-refractivity contribution in [3.8, 4) is 0 Å². The van der Waals surface area contributed by atoms with Crippen LogP contribution in [0.2, 0.25) is 0 Å². The van der Waals surface area contributed by atoms with Crippen molar-refractivity contribution in [2.45, 2.75) is 44.7 Å². The Kier molecular flexibility index (Phi) is 5.17. The number of piperidine rings is 1. The van der Waals surface area contributed by atoms with Crippen LogP contribution in [0.5, 0.6) is 0 Å². The minimum atomic E-state index is -0.534. The lowest BCUT2D eigenvalue weighted by molar-refractivity contribution is -0.124. The van der Waals surface area contributed by atoms with Gasteiger partial charge >= 0.3 is 0 Å². The lowest BCUT2D eigenvalue weighted by Crippen LogP contribution is -2.45. The number of carbonyl (C=O) groups is 2. The highest BCUT2D eigenvalue weighted by molar-refractivity contribution is 5.98. The van der Waals surface area contributed by atoms with Gasteiger partial charge in [-0.2, -0.15) is 0 Å². The van der Waals surface area contributed by atoms with E-state index in [0.29, 0.717) is 30.2 Å². The van der Waals surface area contributed by atoms with Crippen LogP contribution in [0.25, 0.3) is 0 Å². The summed E-state index contributed by atoms with van der Waals surface area (Å²) >= 11 is 0. The van der Waals surface area contributed by atoms with Crippen LogP contribution in [-0.2, 0) is 4.79 Å². The summed E-state index contributed by atoms with van der Waals surface area (Å²) in [6, 6.07) is -0.728. The molecular formula is C17H26N6O2. The topological polar surface area (TPSA) is 104 Å². The molecule has 0 radical (unpaired) electrons. The number of nitrogens with one attached hydrogen (secondary N) is 1. The van der Waals surface area contributed by atoms with Gasteiger partial charge in [0.2, 0.25) is 11.9 Å². The fourth-order valence-electron chi connectivity index (χ4n) is 3.57. The number of hydrogen-bond donors (Lipinski definition) is 2. The molecule has 2 aliphatic heterocycles. The Morgan fingerprint density at radius 3 is 2.64 bits per heavy atom. The maximum Gasteiger partial charge on any atom is 0.258 e. The van der Waals surface area contributed by atoms with Crippen LogP contribution >= 0.6 is 0 Å². The van der Waals surface area contributed by atoms with E-state index in [-0.39, 0.29) is 17.9 Å². The second kappa shape index (κ2) is 7.35. The molecule has 0 bridgehead atoms. The van der Waals surface area contributed by atoms with E-state index >= 15 is 0 Å². The van der Waals surface area contributed by atoms with E-state index < -0.39 is 6.04 Å². The minimum Gasteiger partial charge on any atom is -0.357 e. The largest absolute Gasteiger partial charge is 0.357 e. The van der Waals surface area contributed by atoms with Gasteiger partial charge in [-0.1, -0.05) is 0 Å². The third-order valence-corrected chi connectivity index (χ3v) is 4.98. The number of anilines is 1. The number of aromatic nitrogens is 2. The Bertz CT molecular complexity index is 659. The molecule has 0 spiro atoms. The van der Waals surface area contributed by atoms with Crippen molar-refractivity contribution >= 4 is 17.8 Å². The SMILES string of the molecule is CNC(=O)[C@@H]1C[C@@H](N)CN1C(=O)c1cnc(N2CCCCC2)nc1C. The summed E-state index contributed by atoms with van der Waals surface area (Å²) in [4.78, 5) is 37.6. The van der Waals surface area contributed by atoms with E-state index in [1.807, 2.05) is 6.92 Å². The molecular weight excluding hydrogens is 320 g/mol. The van der Waals surface area contributed by atoms with Crippen molar-refractivity contribution in [3.05, 3.63) is 17.5 Å². The van der Waals surface area contributed by atoms with Gasteiger partial charge in [0.05, 0.1) is 11.3 Å². The number of rotatable bonds is 3. The second-order valence-corrected chi connectivity index (χ2v) is 6.80. The molecule has 8 heteroatoms. The highest BCUT2D eigenvalue weighted by Gasteiger charge is 2.38. The molecule has 3 N–H and O–H groups in total. The molecule has 3 rings (SSSR count). The van der Waals surface area contributed by atoms with Gasteiger partial charge in [0.25, 0.3) is 5.91 Å². The first-order chi connectivity index (χ1) is 12.0. The molecule has 0 aliphatic carbocycles. The van der Waals surface area contributed by atoms with E-state index in [9.17, 15) is 9.59 Å². The van der Waals surface area contributed by atoms with Crippen LogP contribution in [0.15, 0.2) is 6.20 Å². The van der Waals surface area contributed by atoms with Gasteiger partial charge in [-0.15, -0.1) is 0 Å². The van der Waals surface area contributed by atoms with E-state index in [2.05, 4.69) is 20.2 Å². The van der Waals surface area contributed by atoms with E-state index in [0.717, 1.165) is 25.9 Å². The molecule has 2 atom stereocenters. The highest BCUT2D eigenvalue weighted by Crippen LogP contribution is 2.22. The third kappa shape index (κ3) is 3.58. The van der Waals surface area contributed by atoms with Gasteiger partial charge in [0, 0.05) is 38.9 Å². The summed E-state index contributed by atoms with van der Waals surface area (Å²) in [6.45, 7) is 4.08. The van der Waals surface area contributed by atoms with E-state index in [1.54, 1.807) is 13.2 Å². The molecule has 2 saturated heterocycles. The molecule has 8 nitrogen and oxygen atoms in total. The van der Waals surface area contributed by atoms with Crippen molar-refractivity contribution in [1.82, 2.24) is 20.2 Å². The number of nitrogens with two attached hydrogens (primary N) is 1. The zero-order chi connectivity index (χ0) is 18.0. The van der Waals surface area contributed by atoms with Crippen LogP contribution < -0.4 is 16.0 Å². The Hall–Kier alpha value is -2.22. The lowest BCUT2D eigenvalue weighted by atomic mass is 10.1. The molecule has 2 aliphatic rings. The summed E-state index contributed by atoms with van der Waals surface area (Å²) in [5, 5.41) is 2.60. The number of aryl methyl sites for hydroxylation is 1. The van der Waals surface area contributed by atoms with Crippen molar-refractivity contribution < 1.29 is 9.59 Å². The predicted molar refractivity (Wildman–Crippen MR) is 94.3 cm³/mol. The molecule has 1 aromatic rings. The number of likely N-dealkylation sites (N-methyl/N-ethyl adjacent to an activating group) is 1. The Morgan fingerprint density at radius 2 is 2.00 bits per heavy atom. The van der Waals surface area contributed by atoms with E-state index in [1.165, 1.54) is 11.3 Å². The Morgan fingerprint density at radius 1 is 1.28 bits per heavy atom. The average Bonchev–Trinajstić information content (AvgIpc) is 3.03. The first kappa shape index (κ1) is 17.6. The van der Waals surface area contributed by atoms with Gasteiger partial charge in [-0.05, 0) is 32.6 Å². The van der Waals surface area contributed by atoms with Crippen molar-refractivity contribution in [3.63, 3.8) is 0 Å². The van der Waals surface area contributed by atoms with Crippen LogP contribution in [0, 0.1) is 6.92 Å². The number of hydrogen-bond acceptors (Lipinski definition) is 6. The normalized spacial score (nSPS) is 23.6. The van der Waals surface area contributed by atoms with Crippen molar-refractivity contribution in [2.24, 2.45) is 5.73 Å². The molecule has 2 amide bonds. The smallest absolute Gasteiger partial charge is 0.258 e. The molecule has 25 heavy (non-hydrogen) atoms. The van der Waals surface area contributed by atoms with Gasteiger partial charge in [0.1, 0.15) is 6.04 Å². The number of likely N-dealkylation sites (tertiary alicyclic amines) is 1. The minimum absolute atomic E-state index is 0.190. The quantitative estimate of drug-likeness (QED) is 0.802. The Balaban J connectivity index is 1.80. The summed E-state index contributed by atoms with van der Waals surface area (Å²) in [6.07, 6.45) is 5.57. The summed E-state index contributed by atoms with van der Waals surface area (Å²) in [5.41, 5.74) is 7.04. The monoisotopic (exact) mass is 346 g/mol. The number of amides is 2. The molecule has 1 aromatic heterocycles. The number of nitrogens with zero attached hydrogens (tertiary/aromatic N) is 4. The second-order valence-electron chi connectivity index (χ2n) is 6.80. The van der Waals surface area contributed by atoms with Crippen LogP contribution in [0.1, 0.15) is 41.7 Å². The van der Waals surface area contributed by atoms with Crippen molar-refractivity contribution in [2.75, 3.05) is 31.6 Å². The van der Waals surface area contributed by atoms with Gasteiger partial charge in [0.15, 0.2) is 0 Å². The lowest BCUT2D eigenvalue weighted by Gasteiger charge is -2.27. The first-order valence-electron chi connectivity index (χ1n) is 8.88. The fourth-order valence-corrected chi connectivity index (χ4v) is 3.57. The van der Waals surface area contributed by atoms with Gasteiger partial charge in [-0.25, -0.2) is 9.97 Å². The fraction of sp³-hybridized carbons (Fsp3) is 0.647. The third-order valence-electron chi connectivity index (χ3n) is 4.98. The highest BCUT2D eigenvalue weighted by atomic mass is 16.2. The van der Waals surface area contributed by atoms with Crippen LogP contribution in [-0.4, -0.2) is 65.4 Å². The molecule has 2 fully saturated rings. The van der Waals surface area contributed by atoms with Crippen LogP contribution in [0.3, 0.4) is 0 Å². The molecule has 0 aromatic carbocycles.